The highest BCUT2D eigenvalue weighted by Gasteiger charge is 2.35. The third-order valence-corrected chi connectivity index (χ3v) is 4.42. The topological polar surface area (TPSA) is 154 Å². The molecule has 0 saturated heterocycles. The number of carbonyl (C=O) groups excluding carboxylic acids is 4. The van der Waals surface area contributed by atoms with Gasteiger partial charge in [-0.15, -0.1) is 0 Å². The molecular weight excluding hydrogens is 428 g/mol. The molecule has 0 unspecified atom stereocenters. The van der Waals surface area contributed by atoms with Crippen molar-refractivity contribution in [2.45, 2.75) is 64.6 Å². The lowest BCUT2D eigenvalue weighted by Crippen LogP contribution is -2.55. The maximum atomic E-state index is 13.3. The fraction of sp³-hybridized carbons (Fsp3) is 0.565. The lowest BCUT2D eigenvalue weighted by Gasteiger charge is -2.29. The van der Waals surface area contributed by atoms with E-state index in [0.717, 1.165) is 5.56 Å². The van der Waals surface area contributed by atoms with Gasteiger partial charge in [0.25, 0.3) is 5.91 Å². The zero-order chi connectivity index (χ0) is 25.0. The third kappa shape index (κ3) is 10.5. The number of nitrogens with one attached hydrogen (secondary N) is 1. The average Bonchev–Trinajstić information content (AvgIpc) is 2.74. The Balaban J connectivity index is 3.04. The molecule has 10 heteroatoms. The van der Waals surface area contributed by atoms with Gasteiger partial charge in [-0.1, -0.05) is 30.3 Å². The number of hydrogen-bond acceptors (Lipinski definition) is 8. The number of rotatable bonds is 11. The lowest BCUT2D eigenvalue weighted by molar-refractivity contribution is -0.149. The van der Waals surface area contributed by atoms with Crippen molar-refractivity contribution in [1.29, 1.82) is 0 Å². The zero-order valence-corrected chi connectivity index (χ0v) is 19.8. The summed E-state index contributed by atoms with van der Waals surface area (Å²) in [6.07, 6.45) is -0.197. The van der Waals surface area contributed by atoms with Crippen LogP contribution in [0.1, 0.15) is 46.1 Å². The lowest BCUT2D eigenvalue weighted by atomic mass is 10.0. The highest BCUT2D eigenvalue weighted by Crippen LogP contribution is 2.13. The minimum absolute atomic E-state index is 0.0802. The standard InChI is InChI=1S/C23H36N4O6/c1-5-32-19(28)15-27(22(31)33-23(2,3)4)21(30)18(12-9-13-24)26-20(29)17(25)14-16-10-7-6-8-11-16/h6-8,10-11,17-18H,5,9,12-15,24-25H2,1-4H3,(H,26,29)/t17-,18-/m0/s1. The van der Waals surface area contributed by atoms with Gasteiger partial charge in [-0.3, -0.25) is 14.4 Å². The molecule has 5 N–H and O–H groups in total. The fourth-order valence-electron chi connectivity index (χ4n) is 2.89. The Hall–Kier alpha value is -2.98. The van der Waals surface area contributed by atoms with Crippen LogP contribution in [0.25, 0.3) is 0 Å². The van der Waals surface area contributed by atoms with E-state index in [0.29, 0.717) is 11.3 Å². The Morgan fingerprint density at radius 3 is 2.30 bits per heavy atom. The number of nitrogens with zero attached hydrogens (tertiary/aromatic N) is 1. The van der Waals surface area contributed by atoms with Crippen LogP contribution in [0.5, 0.6) is 0 Å². The van der Waals surface area contributed by atoms with Crippen LogP contribution in [0.4, 0.5) is 4.79 Å². The second kappa shape index (κ2) is 13.5. The molecule has 3 amide bonds. The van der Waals surface area contributed by atoms with Crippen molar-refractivity contribution in [3.8, 4) is 0 Å². The normalized spacial score (nSPS) is 12.9. The highest BCUT2D eigenvalue weighted by molar-refractivity contribution is 5.99. The van der Waals surface area contributed by atoms with Crippen molar-refractivity contribution < 1.29 is 28.7 Å². The molecule has 2 atom stereocenters. The summed E-state index contributed by atoms with van der Waals surface area (Å²) in [5.74, 6) is -2.14. The van der Waals surface area contributed by atoms with Gasteiger partial charge in [-0.25, -0.2) is 9.69 Å². The second-order valence-corrected chi connectivity index (χ2v) is 8.50. The summed E-state index contributed by atoms with van der Waals surface area (Å²) in [7, 11) is 0. The van der Waals surface area contributed by atoms with E-state index >= 15 is 0 Å². The van der Waals surface area contributed by atoms with Crippen molar-refractivity contribution in [3.63, 3.8) is 0 Å². The molecule has 0 radical (unpaired) electrons. The SMILES string of the molecule is CCOC(=O)CN(C(=O)OC(C)(C)C)C(=O)[C@H](CCCN)NC(=O)[C@@H](N)Cc1ccccc1. The molecular formula is C23H36N4O6. The van der Waals surface area contributed by atoms with Crippen molar-refractivity contribution in [2.24, 2.45) is 11.5 Å². The summed E-state index contributed by atoms with van der Waals surface area (Å²) >= 11 is 0. The van der Waals surface area contributed by atoms with E-state index in [1.807, 2.05) is 30.3 Å². The van der Waals surface area contributed by atoms with Gasteiger partial charge in [0.05, 0.1) is 12.6 Å². The molecule has 0 saturated carbocycles. The van der Waals surface area contributed by atoms with E-state index in [9.17, 15) is 19.2 Å². The molecule has 10 nitrogen and oxygen atoms in total. The van der Waals surface area contributed by atoms with E-state index in [-0.39, 0.29) is 26.0 Å². The van der Waals surface area contributed by atoms with Crippen LogP contribution in [0.3, 0.4) is 0 Å². The largest absolute Gasteiger partial charge is 0.465 e. The summed E-state index contributed by atoms with van der Waals surface area (Å²) in [6.45, 7) is 6.20. The Kier molecular flexibility index (Phi) is 11.5. The molecule has 1 rings (SSSR count). The molecule has 1 aromatic rings. The van der Waals surface area contributed by atoms with E-state index in [1.165, 1.54) is 0 Å². The van der Waals surface area contributed by atoms with Crippen LogP contribution >= 0.6 is 0 Å². The average molecular weight is 465 g/mol. The van der Waals surface area contributed by atoms with Crippen LogP contribution < -0.4 is 16.8 Å². The number of amides is 3. The first-order valence-corrected chi connectivity index (χ1v) is 11.0. The number of ether oxygens (including phenoxy) is 2. The molecule has 0 heterocycles. The molecule has 0 spiro atoms. The van der Waals surface area contributed by atoms with Gasteiger partial charge in [0, 0.05) is 0 Å². The van der Waals surface area contributed by atoms with Crippen molar-refractivity contribution in [1.82, 2.24) is 10.2 Å². The molecule has 0 aromatic heterocycles. The first-order valence-electron chi connectivity index (χ1n) is 11.0. The highest BCUT2D eigenvalue weighted by atomic mass is 16.6. The summed E-state index contributed by atoms with van der Waals surface area (Å²) in [4.78, 5) is 51.4. The van der Waals surface area contributed by atoms with Gasteiger partial charge in [-0.2, -0.15) is 0 Å². The van der Waals surface area contributed by atoms with Crippen LogP contribution in [0, 0.1) is 0 Å². The van der Waals surface area contributed by atoms with Gasteiger partial charge in [-0.05, 0) is 59.1 Å². The monoisotopic (exact) mass is 464 g/mol. The van der Waals surface area contributed by atoms with E-state index in [1.54, 1.807) is 27.7 Å². The van der Waals surface area contributed by atoms with Gasteiger partial charge < -0.3 is 26.3 Å². The van der Waals surface area contributed by atoms with Gasteiger partial charge in [0.2, 0.25) is 5.91 Å². The Bertz CT molecular complexity index is 794. The maximum Gasteiger partial charge on any atom is 0.417 e. The first-order chi connectivity index (χ1) is 15.5. The van der Waals surface area contributed by atoms with E-state index in [4.69, 9.17) is 20.9 Å². The van der Waals surface area contributed by atoms with Crippen molar-refractivity contribution >= 4 is 23.9 Å². The Morgan fingerprint density at radius 1 is 1.12 bits per heavy atom. The van der Waals surface area contributed by atoms with Crippen LogP contribution in [-0.4, -0.2) is 66.2 Å². The summed E-state index contributed by atoms with van der Waals surface area (Å²) in [5.41, 5.74) is 11.6. The predicted octanol–water partition coefficient (Wildman–Crippen LogP) is 1.11. The third-order valence-electron chi connectivity index (χ3n) is 4.42. The second-order valence-electron chi connectivity index (χ2n) is 8.50. The maximum absolute atomic E-state index is 13.3. The van der Waals surface area contributed by atoms with Gasteiger partial charge in [0.15, 0.2) is 0 Å². The molecule has 0 aliphatic carbocycles. The molecule has 0 fully saturated rings. The molecule has 0 bridgehead atoms. The number of nitrogens with two attached hydrogens (primary N) is 2. The molecule has 1 aromatic carbocycles. The predicted molar refractivity (Wildman–Crippen MR) is 123 cm³/mol. The minimum Gasteiger partial charge on any atom is -0.465 e. The zero-order valence-electron chi connectivity index (χ0n) is 19.8. The number of imide groups is 1. The molecule has 184 valence electrons. The molecule has 0 aliphatic rings. The van der Waals surface area contributed by atoms with Crippen molar-refractivity contribution in [2.75, 3.05) is 19.7 Å². The first kappa shape index (κ1) is 28.1. The van der Waals surface area contributed by atoms with Crippen LogP contribution in [-0.2, 0) is 30.3 Å². The summed E-state index contributed by atoms with van der Waals surface area (Å²) < 4.78 is 10.2. The molecule has 33 heavy (non-hydrogen) atoms. The van der Waals surface area contributed by atoms with Gasteiger partial charge in [0.1, 0.15) is 18.2 Å². The quantitative estimate of drug-likeness (QED) is 0.412. The summed E-state index contributed by atoms with van der Waals surface area (Å²) in [6, 6.07) is 7.17. The number of benzene rings is 1. The number of hydrogen-bond donors (Lipinski definition) is 3. The Morgan fingerprint density at radius 2 is 1.76 bits per heavy atom. The summed E-state index contributed by atoms with van der Waals surface area (Å²) in [5, 5.41) is 2.60. The van der Waals surface area contributed by atoms with Crippen LogP contribution in [0.15, 0.2) is 30.3 Å². The number of carbonyl (C=O) groups is 4. The van der Waals surface area contributed by atoms with E-state index < -0.39 is 48.1 Å². The van der Waals surface area contributed by atoms with Crippen LogP contribution in [0.2, 0.25) is 0 Å². The smallest absolute Gasteiger partial charge is 0.417 e. The molecule has 0 aliphatic heterocycles. The Labute approximate surface area is 194 Å². The van der Waals surface area contributed by atoms with Crippen molar-refractivity contribution in [3.05, 3.63) is 35.9 Å². The van der Waals surface area contributed by atoms with Gasteiger partial charge >= 0.3 is 12.1 Å². The minimum atomic E-state index is -1.12. The van der Waals surface area contributed by atoms with E-state index in [2.05, 4.69) is 5.32 Å². The number of esters is 1. The fourth-order valence-corrected chi connectivity index (χ4v) is 2.89.